The zero-order valence-corrected chi connectivity index (χ0v) is 16.1. The molecule has 0 aliphatic carbocycles. The molecule has 0 saturated heterocycles. The lowest BCUT2D eigenvalue weighted by Crippen LogP contribution is -2.20. The van der Waals surface area contributed by atoms with Crippen LogP contribution in [0.4, 0.5) is 5.69 Å². The van der Waals surface area contributed by atoms with E-state index in [1.807, 2.05) is 31.2 Å². The fourth-order valence-electron chi connectivity index (χ4n) is 2.34. The molecule has 0 bridgehead atoms. The zero-order valence-electron chi connectivity index (χ0n) is 16.1. The Labute approximate surface area is 163 Å². The van der Waals surface area contributed by atoms with Crippen LogP contribution in [0.3, 0.4) is 0 Å². The minimum atomic E-state index is -0.636. The molecule has 0 aliphatic rings. The fraction of sp³-hybridized carbons (Fsp3) is 0.238. The molecule has 0 atom stereocenters. The molecule has 28 heavy (non-hydrogen) atoms. The van der Waals surface area contributed by atoms with E-state index < -0.39 is 18.5 Å². The number of nitrogens with one attached hydrogen (secondary N) is 1. The molecular formula is C21H23NO6. The smallest absolute Gasteiger partial charge is 0.331 e. The number of rotatable bonds is 9. The molecule has 1 amide bonds. The van der Waals surface area contributed by atoms with Crippen molar-refractivity contribution in [3.8, 4) is 17.2 Å². The molecule has 7 heteroatoms. The Kier molecular flexibility index (Phi) is 7.90. The minimum absolute atomic E-state index is 0.425. The fourth-order valence-corrected chi connectivity index (χ4v) is 2.34. The van der Waals surface area contributed by atoms with Crippen molar-refractivity contribution in [3.05, 3.63) is 54.1 Å². The normalized spacial score (nSPS) is 10.4. The topological polar surface area (TPSA) is 83.1 Å². The number of benzene rings is 2. The van der Waals surface area contributed by atoms with Crippen molar-refractivity contribution in [3.63, 3.8) is 0 Å². The van der Waals surface area contributed by atoms with Crippen molar-refractivity contribution in [1.82, 2.24) is 0 Å². The summed E-state index contributed by atoms with van der Waals surface area (Å²) in [6, 6.07) is 12.3. The van der Waals surface area contributed by atoms with E-state index in [0.29, 0.717) is 29.5 Å². The Morgan fingerprint density at radius 3 is 2.54 bits per heavy atom. The molecule has 0 saturated carbocycles. The van der Waals surface area contributed by atoms with E-state index >= 15 is 0 Å². The number of anilines is 1. The van der Waals surface area contributed by atoms with Gasteiger partial charge in [0, 0.05) is 17.7 Å². The van der Waals surface area contributed by atoms with Gasteiger partial charge in [-0.3, -0.25) is 4.79 Å². The van der Waals surface area contributed by atoms with Gasteiger partial charge in [-0.05, 0) is 31.2 Å². The van der Waals surface area contributed by atoms with E-state index in [4.69, 9.17) is 18.9 Å². The summed E-state index contributed by atoms with van der Waals surface area (Å²) in [7, 11) is 3.02. The monoisotopic (exact) mass is 385 g/mol. The molecule has 0 fully saturated rings. The maximum atomic E-state index is 12.0. The number of hydrogen-bond acceptors (Lipinski definition) is 6. The number of esters is 1. The van der Waals surface area contributed by atoms with Gasteiger partial charge < -0.3 is 24.3 Å². The van der Waals surface area contributed by atoms with Crippen LogP contribution in [0.2, 0.25) is 0 Å². The lowest BCUT2D eigenvalue weighted by molar-refractivity contribution is -0.142. The van der Waals surface area contributed by atoms with Gasteiger partial charge in [0.2, 0.25) is 0 Å². The summed E-state index contributed by atoms with van der Waals surface area (Å²) >= 11 is 0. The van der Waals surface area contributed by atoms with Crippen LogP contribution >= 0.6 is 0 Å². The molecule has 2 aromatic rings. The van der Waals surface area contributed by atoms with Crippen LogP contribution in [0, 0.1) is 0 Å². The molecule has 2 aromatic carbocycles. The van der Waals surface area contributed by atoms with Crippen molar-refractivity contribution < 1.29 is 28.5 Å². The third-order valence-electron chi connectivity index (χ3n) is 3.65. The number of hydrogen-bond donors (Lipinski definition) is 1. The van der Waals surface area contributed by atoms with E-state index in [1.165, 1.54) is 20.3 Å². The van der Waals surface area contributed by atoms with Crippen LogP contribution in [-0.2, 0) is 14.3 Å². The van der Waals surface area contributed by atoms with Crippen molar-refractivity contribution in [1.29, 1.82) is 0 Å². The van der Waals surface area contributed by atoms with Gasteiger partial charge in [0.15, 0.2) is 6.61 Å². The van der Waals surface area contributed by atoms with Crippen LogP contribution < -0.4 is 19.5 Å². The Morgan fingerprint density at radius 2 is 1.82 bits per heavy atom. The molecule has 0 aliphatic heterocycles. The second kappa shape index (κ2) is 10.6. The lowest BCUT2D eigenvalue weighted by Gasteiger charge is -2.11. The van der Waals surface area contributed by atoms with Gasteiger partial charge in [-0.15, -0.1) is 0 Å². The molecule has 0 aromatic heterocycles. The van der Waals surface area contributed by atoms with Crippen molar-refractivity contribution in [2.75, 3.05) is 32.8 Å². The highest BCUT2D eigenvalue weighted by Gasteiger charge is 2.10. The van der Waals surface area contributed by atoms with Gasteiger partial charge >= 0.3 is 5.97 Å². The molecule has 0 spiro atoms. The Hall–Kier alpha value is -3.48. The van der Waals surface area contributed by atoms with Gasteiger partial charge in [0.1, 0.15) is 17.2 Å². The molecule has 1 N–H and O–H groups in total. The van der Waals surface area contributed by atoms with Gasteiger partial charge in [0.05, 0.1) is 26.5 Å². The summed E-state index contributed by atoms with van der Waals surface area (Å²) in [5, 5.41) is 2.63. The van der Waals surface area contributed by atoms with Gasteiger partial charge in [0.25, 0.3) is 5.91 Å². The summed E-state index contributed by atoms with van der Waals surface area (Å²) < 4.78 is 20.8. The molecule has 0 heterocycles. The van der Waals surface area contributed by atoms with Crippen LogP contribution in [-0.4, -0.2) is 39.3 Å². The zero-order chi connectivity index (χ0) is 20.4. The second-order valence-electron chi connectivity index (χ2n) is 5.53. The average molecular weight is 385 g/mol. The average Bonchev–Trinajstić information content (AvgIpc) is 2.72. The predicted octanol–water partition coefficient (Wildman–Crippen LogP) is 3.30. The molecule has 148 valence electrons. The maximum Gasteiger partial charge on any atom is 0.331 e. The largest absolute Gasteiger partial charge is 0.497 e. The third-order valence-corrected chi connectivity index (χ3v) is 3.65. The first-order valence-corrected chi connectivity index (χ1v) is 8.66. The summed E-state index contributed by atoms with van der Waals surface area (Å²) in [5.41, 5.74) is 1.19. The van der Waals surface area contributed by atoms with Crippen LogP contribution in [0.5, 0.6) is 17.2 Å². The van der Waals surface area contributed by atoms with Crippen molar-refractivity contribution in [2.45, 2.75) is 6.92 Å². The highest BCUT2D eigenvalue weighted by Crippen LogP contribution is 2.28. The van der Waals surface area contributed by atoms with E-state index in [1.54, 1.807) is 24.3 Å². The highest BCUT2D eigenvalue weighted by atomic mass is 16.5. The van der Waals surface area contributed by atoms with Gasteiger partial charge in [-0.1, -0.05) is 18.2 Å². The Balaban J connectivity index is 1.90. The predicted molar refractivity (Wildman–Crippen MR) is 106 cm³/mol. The van der Waals surface area contributed by atoms with E-state index in [0.717, 1.165) is 5.56 Å². The first-order chi connectivity index (χ1) is 13.6. The van der Waals surface area contributed by atoms with Crippen LogP contribution in [0.1, 0.15) is 12.5 Å². The third kappa shape index (κ3) is 6.05. The molecule has 0 unspecified atom stereocenters. The maximum absolute atomic E-state index is 12.0. The van der Waals surface area contributed by atoms with Crippen LogP contribution in [0.15, 0.2) is 48.5 Å². The van der Waals surface area contributed by atoms with E-state index in [-0.39, 0.29) is 0 Å². The lowest BCUT2D eigenvalue weighted by atomic mass is 10.2. The Bertz CT molecular complexity index is 847. The quantitative estimate of drug-likeness (QED) is 0.527. The molecule has 0 radical (unpaired) electrons. The number of ether oxygens (including phenoxy) is 4. The highest BCUT2D eigenvalue weighted by molar-refractivity contribution is 5.95. The Morgan fingerprint density at radius 1 is 1.04 bits per heavy atom. The number of carbonyl (C=O) groups excluding carboxylic acids is 2. The summed E-state index contributed by atoms with van der Waals surface area (Å²) in [4.78, 5) is 23.9. The van der Waals surface area contributed by atoms with Crippen molar-refractivity contribution in [2.24, 2.45) is 0 Å². The van der Waals surface area contributed by atoms with E-state index in [2.05, 4.69) is 5.32 Å². The van der Waals surface area contributed by atoms with Crippen molar-refractivity contribution >= 4 is 23.6 Å². The summed E-state index contributed by atoms with van der Waals surface area (Å²) in [6.45, 7) is 1.97. The number of para-hydroxylation sites is 1. The number of carbonyl (C=O) groups is 2. The molecule has 2 rings (SSSR count). The SMILES string of the molecule is CCOc1ccccc1/C=C/C(=O)OCC(=O)Nc1ccc(OC)cc1OC. The van der Waals surface area contributed by atoms with Crippen LogP contribution in [0.25, 0.3) is 6.08 Å². The number of amides is 1. The first-order valence-electron chi connectivity index (χ1n) is 8.66. The number of methoxy groups -OCH3 is 2. The first kappa shape index (κ1) is 20.8. The summed E-state index contributed by atoms with van der Waals surface area (Å²) in [6.07, 6.45) is 2.83. The standard InChI is InChI=1S/C21H23NO6/c1-4-27-18-8-6-5-7-15(18)9-12-21(24)28-14-20(23)22-17-11-10-16(25-2)13-19(17)26-3/h5-13H,4,14H2,1-3H3,(H,22,23)/b12-9+. The molecule has 7 nitrogen and oxygen atoms in total. The van der Waals surface area contributed by atoms with Gasteiger partial charge in [-0.2, -0.15) is 0 Å². The minimum Gasteiger partial charge on any atom is -0.497 e. The second-order valence-corrected chi connectivity index (χ2v) is 5.53. The summed E-state index contributed by atoms with van der Waals surface area (Å²) in [5.74, 6) is 0.576. The molecular weight excluding hydrogens is 362 g/mol. The van der Waals surface area contributed by atoms with Gasteiger partial charge in [-0.25, -0.2) is 4.79 Å². The van der Waals surface area contributed by atoms with E-state index in [9.17, 15) is 9.59 Å².